The van der Waals surface area contributed by atoms with Crippen LogP contribution in [0, 0.1) is 11.8 Å². The summed E-state index contributed by atoms with van der Waals surface area (Å²) in [6.07, 6.45) is 2.48. The van der Waals surface area contributed by atoms with Crippen molar-refractivity contribution in [3.63, 3.8) is 0 Å². The first-order chi connectivity index (χ1) is 9.63. The third kappa shape index (κ3) is 3.96. The van der Waals surface area contributed by atoms with Crippen LogP contribution in [-0.2, 0) is 0 Å². The average molecular weight is 352 g/mol. The second kappa shape index (κ2) is 7.38. The first-order valence-corrected chi connectivity index (χ1v) is 7.95. The highest BCUT2D eigenvalue weighted by Crippen LogP contribution is 2.37. The van der Waals surface area contributed by atoms with E-state index in [1.165, 1.54) is 12.8 Å². The standard InChI is InChI=1S/C15H20Cl2N2O.ClH/c16-11-2-4-15(13(17)7-11)20-6-5-19-8-10-1-3-14(18)12(10)9-19;/h2,4,7,10,12,14H,1,3,5-6,8-9,18H2;1H. The van der Waals surface area contributed by atoms with Gasteiger partial charge in [-0.15, -0.1) is 12.4 Å². The van der Waals surface area contributed by atoms with Crippen molar-refractivity contribution in [2.24, 2.45) is 17.6 Å². The summed E-state index contributed by atoms with van der Waals surface area (Å²) in [5.74, 6) is 2.19. The van der Waals surface area contributed by atoms with Gasteiger partial charge in [0.2, 0.25) is 0 Å². The molecule has 3 atom stereocenters. The monoisotopic (exact) mass is 350 g/mol. The van der Waals surface area contributed by atoms with Crippen LogP contribution >= 0.6 is 35.6 Å². The maximum Gasteiger partial charge on any atom is 0.138 e. The zero-order valence-corrected chi connectivity index (χ0v) is 14.1. The third-order valence-electron chi connectivity index (χ3n) is 4.55. The van der Waals surface area contributed by atoms with Crippen LogP contribution in [0.2, 0.25) is 10.0 Å². The van der Waals surface area contributed by atoms with Gasteiger partial charge in [-0.05, 0) is 42.9 Å². The van der Waals surface area contributed by atoms with Crippen molar-refractivity contribution < 1.29 is 4.74 Å². The van der Waals surface area contributed by atoms with E-state index in [0.29, 0.717) is 34.4 Å². The summed E-state index contributed by atoms with van der Waals surface area (Å²) in [6.45, 7) is 3.86. The Morgan fingerprint density at radius 2 is 2.05 bits per heavy atom. The Morgan fingerprint density at radius 3 is 2.76 bits per heavy atom. The number of fused-ring (bicyclic) bond motifs is 1. The lowest BCUT2D eigenvalue weighted by Crippen LogP contribution is -2.32. The Bertz CT molecular complexity index is 486. The van der Waals surface area contributed by atoms with Crippen LogP contribution in [0.15, 0.2) is 18.2 Å². The lowest BCUT2D eigenvalue weighted by Gasteiger charge is -2.18. The quantitative estimate of drug-likeness (QED) is 0.903. The van der Waals surface area contributed by atoms with E-state index < -0.39 is 0 Å². The lowest BCUT2D eigenvalue weighted by molar-refractivity contribution is 0.226. The molecule has 21 heavy (non-hydrogen) atoms. The molecular weight excluding hydrogens is 331 g/mol. The number of ether oxygens (including phenoxy) is 1. The molecule has 1 aromatic carbocycles. The van der Waals surface area contributed by atoms with Gasteiger partial charge in [-0.25, -0.2) is 0 Å². The zero-order valence-electron chi connectivity index (χ0n) is 11.8. The van der Waals surface area contributed by atoms with Gasteiger partial charge in [0, 0.05) is 30.7 Å². The van der Waals surface area contributed by atoms with Crippen molar-refractivity contribution in [3.8, 4) is 5.75 Å². The summed E-state index contributed by atoms with van der Waals surface area (Å²) >= 11 is 11.9. The van der Waals surface area contributed by atoms with Gasteiger partial charge in [-0.2, -0.15) is 0 Å². The number of nitrogens with zero attached hydrogens (tertiary/aromatic N) is 1. The van der Waals surface area contributed by atoms with E-state index in [-0.39, 0.29) is 12.4 Å². The van der Waals surface area contributed by atoms with Crippen molar-refractivity contribution in [2.75, 3.05) is 26.2 Å². The molecule has 1 aromatic rings. The molecule has 3 nitrogen and oxygen atoms in total. The largest absolute Gasteiger partial charge is 0.491 e. The van der Waals surface area contributed by atoms with Gasteiger partial charge in [-0.3, -0.25) is 4.90 Å². The summed E-state index contributed by atoms with van der Waals surface area (Å²) in [5.41, 5.74) is 6.15. The summed E-state index contributed by atoms with van der Waals surface area (Å²) < 4.78 is 5.74. The van der Waals surface area contributed by atoms with E-state index in [4.69, 9.17) is 33.7 Å². The van der Waals surface area contributed by atoms with Crippen molar-refractivity contribution in [1.82, 2.24) is 4.90 Å². The van der Waals surface area contributed by atoms with Crippen LogP contribution < -0.4 is 10.5 Å². The van der Waals surface area contributed by atoms with E-state index in [0.717, 1.165) is 25.6 Å². The number of hydrogen-bond donors (Lipinski definition) is 1. The van der Waals surface area contributed by atoms with Crippen LogP contribution in [0.1, 0.15) is 12.8 Å². The van der Waals surface area contributed by atoms with Crippen LogP contribution in [0.4, 0.5) is 0 Å². The minimum Gasteiger partial charge on any atom is -0.491 e. The molecule has 2 fully saturated rings. The molecule has 118 valence electrons. The normalized spacial score (nSPS) is 28.2. The van der Waals surface area contributed by atoms with Gasteiger partial charge in [0.15, 0.2) is 0 Å². The summed E-state index contributed by atoms with van der Waals surface area (Å²) in [7, 11) is 0. The second-order valence-electron chi connectivity index (χ2n) is 5.85. The number of hydrogen-bond acceptors (Lipinski definition) is 3. The molecule has 0 aromatic heterocycles. The van der Waals surface area contributed by atoms with Crippen LogP contribution in [0.5, 0.6) is 5.75 Å². The Hall–Kier alpha value is -0.190. The summed E-state index contributed by atoms with van der Waals surface area (Å²) in [5, 5.41) is 1.20. The first kappa shape index (κ1) is 17.2. The molecule has 0 spiro atoms. The fourth-order valence-electron chi connectivity index (χ4n) is 3.46. The highest BCUT2D eigenvalue weighted by molar-refractivity contribution is 6.35. The minimum absolute atomic E-state index is 0. The molecule has 1 saturated heterocycles. The molecule has 1 aliphatic carbocycles. The predicted molar refractivity (Wildman–Crippen MR) is 89.8 cm³/mol. The van der Waals surface area contributed by atoms with Gasteiger partial charge >= 0.3 is 0 Å². The van der Waals surface area contributed by atoms with Gasteiger partial charge in [0.1, 0.15) is 12.4 Å². The first-order valence-electron chi connectivity index (χ1n) is 7.19. The Kier molecular flexibility index (Phi) is 6.04. The highest BCUT2D eigenvalue weighted by atomic mass is 35.5. The topological polar surface area (TPSA) is 38.5 Å². The molecule has 6 heteroatoms. The number of nitrogens with two attached hydrogens (primary N) is 1. The number of likely N-dealkylation sites (tertiary alicyclic amines) is 1. The summed E-state index contributed by atoms with van der Waals surface area (Å²) in [4.78, 5) is 2.46. The van der Waals surface area contributed by atoms with Crippen LogP contribution in [-0.4, -0.2) is 37.2 Å². The highest BCUT2D eigenvalue weighted by Gasteiger charge is 2.40. The Balaban J connectivity index is 0.00000161. The molecule has 1 aliphatic heterocycles. The lowest BCUT2D eigenvalue weighted by atomic mass is 9.98. The van der Waals surface area contributed by atoms with Gasteiger partial charge < -0.3 is 10.5 Å². The van der Waals surface area contributed by atoms with E-state index in [1.54, 1.807) is 12.1 Å². The smallest absolute Gasteiger partial charge is 0.138 e. The Labute approximate surface area is 142 Å². The SMILES string of the molecule is Cl.NC1CCC2CN(CCOc3ccc(Cl)cc3Cl)CC12. The molecule has 0 amide bonds. The molecule has 1 saturated carbocycles. The molecule has 3 unspecified atom stereocenters. The van der Waals surface area contributed by atoms with Crippen molar-refractivity contribution in [2.45, 2.75) is 18.9 Å². The fraction of sp³-hybridized carbons (Fsp3) is 0.600. The molecule has 1 heterocycles. The van der Waals surface area contributed by atoms with Gasteiger partial charge in [-0.1, -0.05) is 23.2 Å². The van der Waals surface area contributed by atoms with Crippen molar-refractivity contribution >= 4 is 35.6 Å². The average Bonchev–Trinajstić information content (AvgIpc) is 2.95. The van der Waals surface area contributed by atoms with Gasteiger partial charge in [0.05, 0.1) is 5.02 Å². The van der Waals surface area contributed by atoms with Crippen LogP contribution in [0.25, 0.3) is 0 Å². The van der Waals surface area contributed by atoms with E-state index in [9.17, 15) is 0 Å². The predicted octanol–water partition coefficient (Wildman–Crippen LogP) is 3.46. The van der Waals surface area contributed by atoms with Crippen LogP contribution in [0.3, 0.4) is 0 Å². The van der Waals surface area contributed by atoms with E-state index >= 15 is 0 Å². The number of benzene rings is 1. The van der Waals surface area contributed by atoms with Crippen molar-refractivity contribution in [3.05, 3.63) is 28.2 Å². The van der Waals surface area contributed by atoms with E-state index in [2.05, 4.69) is 4.90 Å². The maximum atomic E-state index is 6.15. The molecule has 2 aliphatic rings. The molecular formula is C15H21Cl3N2O. The molecule has 0 radical (unpaired) electrons. The number of rotatable bonds is 4. The number of halogens is 3. The minimum atomic E-state index is 0. The van der Waals surface area contributed by atoms with E-state index in [1.807, 2.05) is 6.07 Å². The molecule has 2 N–H and O–H groups in total. The third-order valence-corrected chi connectivity index (χ3v) is 5.08. The summed E-state index contributed by atoms with van der Waals surface area (Å²) in [6, 6.07) is 5.72. The van der Waals surface area contributed by atoms with Crippen molar-refractivity contribution in [1.29, 1.82) is 0 Å². The second-order valence-corrected chi connectivity index (χ2v) is 6.69. The molecule has 0 bridgehead atoms. The molecule has 3 rings (SSSR count). The zero-order chi connectivity index (χ0) is 14.1. The maximum absolute atomic E-state index is 6.15. The fourth-order valence-corrected chi connectivity index (χ4v) is 3.92. The van der Waals surface area contributed by atoms with Gasteiger partial charge in [0.25, 0.3) is 0 Å². The Morgan fingerprint density at radius 1 is 1.24 bits per heavy atom.